The predicted octanol–water partition coefficient (Wildman–Crippen LogP) is 3.19. The van der Waals surface area contributed by atoms with Crippen LogP contribution in [-0.2, 0) is 9.53 Å². The van der Waals surface area contributed by atoms with Gasteiger partial charge >= 0.3 is 0 Å². The average molecular weight is 261 g/mol. The van der Waals surface area contributed by atoms with Gasteiger partial charge in [0.1, 0.15) is 5.78 Å². The molecule has 0 atom stereocenters. The van der Waals surface area contributed by atoms with E-state index < -0.39 is 0 Å². The highest BCUT2D eigenvalue weighted by Gasteiger charge is 2.22. The highest BCUT2D eigenvalue weighted by atomic mass is 32.2. The summed E-state index contributed by atoms with van der Waals surface area (Å²) in [5.41, 5.74) is -0.128. The Balaban J connectivity index is 3.89. The van der Waals surface area contributed by atoms with Gasteiger partial charge in [-0.15, -0.1) is 0 Å². The Morgan fingerprint density at radius 1 is 1.24 bits per heavy atom. The van der Waals surface area contributed by atoms with Gasteiger partial charge in [0.05, 0.1) is 5.60 Å². The van der Waals surface area contributed by atoms with Gasteiger partial charge in [-0.05, 0) is 53.7 Å². The molecule has 0 aromatic carbocycles. The van der Waals surface area contributed by atoms with E-state index >= 15 is 0 Å². The largest absolute Gasteiger partial charge is 0.375 e. The van der Waals surface area contributed by atoms with Gasteiger partial charge in [-0.1, -0.05) is 11.9 Å². The Morgan fingerprint density at radius 3 is 2.29 bits per heavy atom. The van der Waals surface area contributed by atoms with Crippen molar-refractivity contribution in [1.82, 2.24) is 4.72 Å². The quantitative estimate of drug-likeness (QED) is 0.647. The minimum absolute atomic E-state index is 0.0794. The maximum Gasteiger partial charge on any atom is 0.129 e. The molecule has 0 aliphatic rings. The number of ketones is 1. The maximum absolute atomic E-state index is 10.9. The van der Waals surface area contributed by atoms with Crippen LogP contribution in [0.2, 0.25) is 0 Å². The molecule has 0 spiro atoms. The first kappa shape index (κ1) is 16.9. The molecule has 0 fully saturated rings. The minimum atomic E-state index is -0.207. The number of rotatable bonds is 9. The number of nitrogens with one attached hydrogen (secondary N) is 1. The van der Waals surface area contributed by atoms with Crippen molar-refractivity contribution >= 4 is 17.7 Å². The van der Waals surface area contributed by atoms with Gasteiger partial charge < -0.3 is 9.53 Å². The zero-order valence-electron chi connectivity index (χ0n) is 12.1. The first-order chi connectivity index (χ1) is 7.68. The normalized spacial score (nSPS) is 12.8. The number of hydrogen-bond donors (Lipinski definition) is 1. The van der Waals surface area contributed by atoms with Crippen molar-refractivity contribution in [3.8, 4) is 0 Å². The monoisotopic (exact) mass is 261 g/mol. The molecule has 0 saturated carbocycles. The number of Topliss-reactive ketones (excluding diaryl/α,β-unsaturated/α-hetero) is 1. The summed E-state index contributed by atoms with van der Waals surface area (Å²) >= 11 is 1.63. The van der Waals surface area contributed by atoms with Crippen LogP contribution in [-0.4, -0.2) is 29.8 Å². The van der Waals surface area contributed by atoms with E-state index in [1.807, 2.05) is 20.1 Å². The highest BCUT2D eigenvalue weighted by Crippen LogP contribution is 2.19. The Bertz CT molecular complexity index is 240. The first-order valence-corrected chi connectivity index (χ1v) is 7.34. The molecule has 102 valence electrons. The fourth-order valence-corrected chi connectivity index (χ4v) is 2.11. The fraction of sp³-hybridized carbons (Fsp3) is 0.923. The van der Waals surface area contributed by atoms with Crippen LogP contribution in [0.25, 0.3) is 0 Å². The molecule has 3 nitrogen and oxygen atoms in total. The maximum atomic E-state index is 10.9. The van der Waals surface area contributed by atoms with Crippen molar-refractivity contribution in [2.45, 2.75) is 65.0 Å². The van der Waals surface area contributed by atoms with Gasteiger partial charge in [0.25, 0.3) is 0 Å². The molecule has 17 heavy (non-hydrogen) atoms. The molecule has 1 N–H and O–H groups in total. The molecule has 0 aliphatic heterocycles. The van der Waals surface area contributed by atoms with Crippen molar-refractivity contribution in [1.29, 1.82) is 0 Å². The number of hydrogen-bond acceptors (Lipinski definition) is 4. The molecule has 0 unspecified atom stereocenters. The smallest absolute Gasteiger partial charge is 0.129 e. The van der Waals surface area contributed by atoms with Gasteiger partial charge in [-0.3, -0.25) is 4.72 Å². The minimum Gasteiger partial charge on any atom is -0.375 e. The molecule has 0 rings (SSSR count). The molecule has 4 heteroatoms. The molecule has 0 radical (unpaired) electrons. The third-order valence-electron chi connectivity index (χ3n) is 2.68. The second kappa shape index (κ2) is 7.39. The lowest BCUT2D eigenvalue weighted by atomic mass is 10.00. The third-order valence-corrected chi connectivity index (χ3v) is 3.43. The van der Waals surface area contributed by atoms with Crippen molar-refractivity contribution in [2.24, 2.45) is 0 Å². The van der Waals surface area contributed by atoms with Gasteiger partial charge in [0.2, 0.25) is 0 Å². The summed E-state index contributed by atoms with van der Waals surface area (Å²) in [6.45, 7) is 10.8. The standard InChI is InChI=1S/C13H27NO2S/c1-11(15)7-8-13(4,5)16-10-9-12(2,3)14-17-6/h14H,7-10H2,1-6H3. The van der Waals surface area contributed by atoms with Crippen LogP contribution in [0.4, 0.5) is 0 Å². The topological polar surface area (TPSA) is 38.3 Å². The van der Waals surface area contributed by atoms with E-state index in [0.717, 1.165) is 12.8 Å². The van der Waals surface area contributed by atoms with Crippen LogP contribution < -0.4 is 4.72 Å². The van der Waals surface area contributed by atoms with Crippen LogP contribution >= 0.6 is 11.9 Å². The molecule has 0 heterocycles. The van der Waals surface area contributed by atoms with Crippen molar-refractivity contribution in [3.05, 3.63) is 0 Å². The summed E-state index contributed by atoms with van der Waals surface area (Å²) < 4.78 is 9.20. The SMILES string of the molecule is CSNC(C)(C)CCOC(C)(C)CCC(C)=O. The van der Waals surface area contributed by atoms with Crippen molar-refractivity contribution in [3.63, 3.8) is 0 Å². The van der Waals surface area contributed by atoms with E-state index in [1.54, 1.807) is 18.9 Å². The number of carbonyl (C=O) groups excluding carboxylic acids is 1. The molecule has 0 saturated heterocycles. The molecular weight excluding hydrogens is 234 g/mol. The number of carbonyl (C=O) groups is 1. The van der Waals surface area contributed by atoms with Crippen LogP contribution in [0, 0.1) is 0 Å². The van der Waals surface area contributed by atoms with Crippen LogP contribution in [0.5, 0.6) is 0 Å². The second-order valence-corrected chi connectivity index (χ2v) is 6.36. The average Bonchev–Trinajstić information content (AvgIpc) is 2.14. The van der Waals surface area contributed by atoms with Crippen LogP contribution in [0.15, 0.2) is 0 Å². The predicted molar refractivity (Wildman–Crippen MR) is 75.3 cm³/mol. The summed E-state index contributed by atoms with van der Waals surface area (Å²) in [6.07, 6.45) is 4.37. The lowest BCUT2D eigenvalue weighted by Crippen LogP contribution is -2.37. The molecular formula is C13H27NO2S. The van der Waals surface area contributed by atoms with E-state index in [-0.39, 0.29) is 16.9 Å². The van der Waals surface area contributed by atoms with E-state index in [4.69, 9.17) is 4.74 Å². The summed E-state index contributed by atoms with van der Waals surface area (Å²) in [5, 5.41) is 0. The van der Waals surface area contributed by atoms with Gasteiger partial charge in [-0.25, -0.2) is 0 Å². The van der Waals surface area contributed by atoms with Crippen LogP contribution in [0.3, 0.4) is 0 Å². The van der Waals surface area contributed by atoms with Crippen molar-refractivity contribution in [2.75, 3.05) is 12.9 Å². The summed E-state index contributed by atoms with van der Waals surface area (Å²) in [4.78, 5) is 10.9. The zero-order valence-corrected chi connectivity index (χ0v) is 12.9. The zero-order chi connectivity index (χ0) is 13.5. The molecule has 0 aliphatic carbocycles. The molecule has 0 aromatic heterocycles. The Morgan fingerprint density at radius 2 is 1.82 bits per heavy atom. The van der Waals surface area contributed by atoms with Crippen LogP contribution in [0.1, 0.15) is 53.9 Å². The molecule has 0 amide bonds. The molecule has 0 bridgehead atoms. The third kappa shape index (κ3) is 9.62. The summed E-state index contributed by atoms with van der Waals surface area (Å²) in [6, 6.07) is 0. The lowest BCUT2D eigenvalue weighted by Gasteiger charge is -2.29. The van der Waals surface area contributed by atoms with E-state index in [9.17, 15) is 4.79 Å². The first-order valence-electron chi connectivity index (χ1n) is 6.12. The van der Waals surface area contributed by atoms with Gasteiger partial charge in [0, 0.05) is 18.6 Å². The number of ether oxygens (including phenoxy) is 1. The van der Waals surface area contributed by atoms with E-state index in [1.165, 1.54) is 0 Å². The Hall–Kier alpha value is -0.0600. The van der Waals surface area contributed by atoms with Gasteiger partial charge in [0.15, 0.2) is 0 Å². The highest BCUT2D eigenvalue weighted by molar-refractivity contribution is 7.96. The lowest BCUT2D eigenvalue weighted by molar-refractivity contribution is -0.118. The second-order valence-electron chi connectivity index (χ2n) is 5.75. The Kier molecular flexibility index (Phi) is 7.37. The van der Waals surface area contributed by atoms with Gasteiger partial charge in [-0.2, -0.15) is 0 Å². The fourth-order valence-electron chi connectivity index (χ4n) is 1.46. The summed E-state index contributed by atoms with van der Waals surface area (Å²) in [7, 11) is 0. The summed E-state index contributed by atoms with van der Waals surface area (Å²) in [5.74, 6) is 0.228. The molecule has 0 aromatic rings. The van der Waals surface area contributed by atoms with E-state index in [2.05, 4.69) is 18.6 Å². The van der Waals surface area contributed by atoms with E-state index in [0.29, 0.717) is 13.0 Å². The Labute approximate surface area is 110 Å². The van der Waals surface area contributed by atoms with Crippen molar-refractivity contribution < 1.29 is 9.53 Å².